The Morgan fingerprint density at radius 2 is 1.85 bits per heavy atom. The van der Waals surface area contributed by atoms with E-state index in [4.69, 9.17) is 9.47 Å². The molecule has 3 heteroatoms. The normalized spacial score (nSPS) is 13.2. The van der Waals surface area contributed by atoms with Crippen molar-refractivity contribution in [1.29, 1.82) is 0 Å². The molecule has 20 heavy (non-hydrogen) atoms. The van der Waals surface area contributed by atoms with Gasteiger partial charge in [0.15, 0.2) is 0 Å². The lowest BCUT2D eigenvalue weighted by Gasteiger charge is -2.20. The molecule has 2 aromatic carbocycles. The molecule has 0 saturated carbocycles. The first-order valence-corrected chi connectivity index (χ1v) is 6.49. The Morgan fingerprint density at radius 3 is 2.55 bits per heavy atom. The average molecular weight is 268 g/mol. The summed E-state index contributed by atoms with van der Waals surface area (Å²) in [7, 11) is 1.66. The molecule has 0 spiro atoms. The van der Waals surface area contributed by atoms with Crippen LogP contribution in [-0.4, -0.2) is 18.8 Å². The van der Waals surface area contributed by atoms with E-state index in [1.54, 1.807) is 13.2 Å². The van der Waals surface area contributed by atoms with Gasteiger partial charge in [-0.25, -0.2) is 0 Å². The molecule has 1 N–H and O–H groups in total. The molecule has 1 heterocycles. The lowest BCUT2D eigenvalue weighted by molar-refractivity contribution is 0.358. The van der Waals surface area contributed by atoms with Gasteiger partial charge in [0.25, 0.3) is 0 Å². The maximum absolute atomic E-state index is 9.70. The van der Waals surface area contributed by atoms with Crippen molar-refractivity contribution < 1.29 is 14.6 Å². The van der Waals surface area contributed by atoms with Crippen molar-refractivity contribution in [2.24, 2.45) is 0 Å². The molecule has 3 nitrogen and oxygen atoms in total. The van der Waals surface area contributed by atoms with E-state index in [1.165, 1.54) is 0 Å². The Kier molecular flexibility index (Phi) is 3.11. The molecule has 0 atom stereocenters. The molecule has 1 aliphatic heterocycles. The number of hydrogen-bond acceptors (Lipinski definition) is 3. The molecule has 0 aliphatic carbocycles. The van der Waals surface area contributed by atoms with Crippen molar-refractivity contribution in [3.63, 3.8) is 0 Å². The smallest absolute Gasteiger partial charge is 0.133 e. The van der Waals surface area contributed by atoms with Crippen LogP contribution in [0.2, 0.25) is 0 Å². The molecule has 3 rings (SSSR count). The first-order valence-electron chi connectivity index (χ1n) is 6.49. The van der Waals surface area contributed by atoms with Crippen molar-refractivity contribution in [3.05, 3.63) is 53.1 Å². The summed E-state index contributed by atoms with van der Waals surface area (Å²) in [4.78, 5) is 0. The van der Waals surface area contributed by atoms with Crippen LogP contribution in [0.4, 0.5) is 0 Å². The van der Waals surface area contributed by atoms with E-state index in [1.807, 2.05) is 37.3 Å². The number of hydrogen-bond donors (Lipinski definition) is 1. The van der Waals surface area contributed by atoms with E-state index in [-0.39, 0.29) is 5.75 Å². The summed E-state index contributed by atoms with van der Waals surface area (Å²) in [6, 6.07) is 11.5. The average Bonchev–Trinajstić information content (AvgIpc) is 2.51. The minimum atomic E-state index is 0.269. The second-order valence-corrected chi connectivity index (χ2v) is 4.81. The SMILES string of the molecule is COc1ccc(C2=Cc3ccc(O)c(C)c3OC2)cc1. The van der Waals surface area contributed by atoms with Crippen molar-refractivity contribution in [3.8, 4) is 17.2 Å². The highest BCUT2D eigenvalue weighted by molar-refractivity contribution is 5.86. The van der Waals surface area contributed by atoms with Crippen molar-refractivity contribution in [1.82, 2.24) is 0 Å². The lowest BCUT2D eigenvalue weighted by Crippen LogP contribution is -2.07. The van der Waals surface area contributed by atoms with Gasteiger partial charge in [-0.05, 0) is 48.4 Å². The largest absolute Gasteiger partial charge is 0.508 e. The highest BCUT2D eigenvalue weighted by atomic mass is 16.5. The van der Waals surface area contributed by atoms with Gasteiger partial charge in [-0.1, -0.05) is 12.1 Å². The molecular formula is C17H16O3. The number of rotatable bonds is 2. The van der Waals surface area contributed by atoms with Gasteiger partial charge in [0.05, 0.1) is 7.11 Å². The van der Waals surface area contributed by atoms with Gasteiger partial charge >= 0.3 is 0 Å². The monoisotopic (exact) mass is 268 g/mol. The van der Waals surface area contributed by atoms with Crippen LogP contribution in [0.1, 0.15) is 16.7 Å². The van der Waals surface area contributed by atoms with Crippen LogP contribution in [0.3, 0.4) is 0 Å². The van der Waals surface area contributed by atoms with E-state index in [0.29, 0.717) is 6.61 Å². The van der Waals surface area contributed by atoms with Crippen LogP contribution >= 0.6 is 0 Å². The third kappa shape index (κ3) is 2.11. The molecule has 0 fully saturated rings. The predicted octanol–water partition coefficient (Wildman–Crippen LogP) is 3.64. The van der Waals surface area contributed by atoms with Gasteiger partial charge in [-0.2, -0.15) is 0 Å². The second kappa shape index (κ2) is 4.93. The van der Waals surface area contributed by atoms with Crippen molar-refractivity contribution in [2.75, 3.05) is 13.7 Å². The van der Waals surface area contributed by atoms with E-state index < -0.39 is 0 Å². The van der Waals surface area contributed by atoms with Crippen LogP contribution in [-0.2, 0) is 0 Å². The second-order valence-electron chi connectivity index (χ2n) is 4.81. The molecule has 102 valence electrons. The first kappa shape index (κ1) is 12.6. The number of methoxy groups -OCH3 is 1. The molecule has 2 aromatic rings. The summed E-state index contributed by atoms with van der Waals surface area (Å²) in [6.45, 7) is 2.37. The van der Waals surface area contributed by atoms with E-state index >= 15 is 0 Å². The molecule has 0 amide bonds. The fraction of sp³-hybridized carbons (Fsp3) is 0.176. The zero-order chi connectivity index (χ0) is 14.1. The Balaban J connectivity index is 1.99. The number of ether oxygens (including phenoxy) is 2. The van der Waals surface area contributed by atoms with Gasteiger partial charge in [0, 0.05) is 11.1 Å². The van der Waals surface area contributed by atoms with Crippen LogP contribution in [0, 0.1) is 6.92 Å². The van der Waals surface area contributed by atoms with E-state index in [2.05, 4.69) is 6.08 Å². The van der Waals surface area contributed by atoms with E-state index in [0.717, 1.165) is 33.8 Å². The van der Waals surface area contributed by atoms with Crippen LogP contribution < -0.4 is 9.47 Å². The highest BCUT2D eigenvalue weighted by Gasteiger charge is 2.16. The number of phenolic OH excluding ortho intramolecular Hbond substituents is 1. The first-order chi connectivity index (χ1) is 9.69. The maximum atomic E-state index is 9.70. The maximum Gasteiger partial charge on any atom is 0.133 e. The Hall–Kier alpha value is -2.42. The van der Waals surface area contributed by atoms with E-state index in [9.17, 15) is 5.11 Å². The Bertz CT molecular complexity index is 669. The summed E-state index contributed by atoms with van der Waals surface area (Å²) < 4.78 is 11.0. The minimum Gasteiger partial charge on any atom is -0.508 e. The predicted molar refractivity (Wildman–Crippen MR) is 79.2 cm³/mol. The Labute approximate surface area is 118 Å². The fourth-order valence-electron chi connectivity index (χ4n) is 2.36. The van der Waals surface area contributed by atoms with Crippen LogP contribution in [0.5, 0.6) is 17.2 Å². The summed E-state index contributed by atoms with van der Waals surface area (Å²) in [6.07, 6.45) is 2.10. The molecule has 0 bridgehead atoms. The molecule has 0 aromatic heterocycles. The summed E-state index contributed by atoms with van der Waals surface area (Å²) in [5, 5.41) is 9.70. The molecule has 1 aliphatic rings. The van der Waals surface area contributed by atoms with Crippen molar-refractivity contribution in [2.45, 2.75) is 6.92 Å². The molecular weight excluding hydrogens is 252 g/mol. The number of phenols is 1. The number of benzene rings is 2. The number of aromatic hydroxyl groups is 1. The minimum absolute atomic E-state index is 0.269. The summed E-state index contributed by atoms with van der Waals surface area (Å²) >= 11 is 0. The van der Waals surface area contributed by atoms with Gasteiger partial charge < -0.3 is 14.6 Å². The third-order valence-electron chi connectivity index (χ3n) is 3.57. The van der Waals surface area contributed by atoms with Gasteiger partial charge in [-0.3, -0.25) is 0 Å². The Morgan fingerprint density at radius 1 is 1.10 bits per heavy atom. The molecule has 0 radical (unpaired) electrons. The van der Waals surface area contributed by atoms with Crippen LogP contribution in [0.25, 0.3) is 11.6 Å². The summed E-state index contributed by atoms with van der Waals surface area (Å²) in [5.74, 6) is 1.87. The standard InChI is InChI=1S/C17H16O3/c1-11-16(18)8-5-13-9-14(10-20-17(11)13)12-3-6-15(19-2)7-4-12/h3-9,18H,10H2,1-2H3. The third-order valence-corrected chi connectivity index (χ3v) is 3.57. The molecule has 0 saturated heterocycles. The van der Waals surface area contributed by atoms with Crippen LogP contribution in [0.15, 0.2) is 36.4 Å². The zero-order valence-electron chi connectivity index (χ0n) is 11.5. The zero-order valence-corrected chi connectivity index (χ0v) is 11.5. The fourth-order valence-corrected chi connectivity index (χ4v) is 2.36. The highest BCUT2D eigenvalue weighted by Crippen LogP contribution is 2.37. The quantitative estimate of drug-likeness (QED) is 0.903. The lowest BCUT2D eigenvalue weighted by atomic mass is 9.99. The molecule has 0 unspecified atom stereocenters. The van der Waals surface area contributed by atoms with Gasteiger partial charge in [-0.15, -0.1) is 0 Å². The topological polar surface area (TPSA) is 38.7 Å². The summed E-state index contributed by atoms with van der Waals surface area (Å²) in [5.41, 5.74) is 4.01. The van der Waals surface area contributed by atoms with Crippen molar-refractivity contribution >= 4 is 11.6 Å². The van der Waals surface area contributed by atoms with Gasteiger partial charge in [0.1, 0.15) is 23.9 Å². The number of fused-ring (bicyclic) bond motifs is 1. The van der Waals surface area contributed by atoms with Gasteiger partial charge in [0.2, 0.25) is 0 Å².